The largest absolute Gasteiger partial charge is 0.379 e. The van der Waals surface area contributed by atoms with E-state index in [1.165, 1.54) is 5.56 Å². The van der Waals surface area contributed by atoms with Crippen LogP contribution in [0, 0.1) is 0 Å². The van der Waals surface area contributed by atoms with E-state index in [0.29, 0.717) is 18.0 Å². The van der Waals surface area contributed by atoms with Gasteiger partial charge in [-0.2, -0.15) is 5.10 Å². The van der Waals surface area contributed by atoms with E-state index in [0.717, 1.165) is 17.7 Å². The zero-order chi connectivity index (χ0) is 12.8. The Balaban J connectivity index is 2.20. The van der Waals surface area contributed by atoms with Crippen LogP contribution in [0.1, 0.15) is 30.2 Å². The summed E-state index contributed by atoms with van der Waals surface area (Å²) in [7, 11) is 0. The summed E-state index contributed by atoms with van der Waals surface area (Å²) in [6, 6.07) is 8.00. The van der Waals surface area contributed by atoms with Crippen LogP contribution in [0.2, 0.25) is 5.02 Å². The number of rotatable bonds is 2. The third-order valence-electron chi connectivity index (χ3n) is 3.71. The lowest BCUT2D eigenvalue weighted by Crippen LogP contribution is -2.28. The first kappa shape index (κ1) is 11.8. The lowest BCUT2D eigenvalue weighted by atomic mass is 9.92. The van der Waals surface area contributed by atoms with Crippen LogP contribution in [0.3, 0.4) is 0 Å². The lowest BCUT2D eigenvalue weighted by Gasteiger charge is -2.25. The zero-order valence-electron chi connectivity index (χ0n) is 10.2. The molecule has 1 aromatic heterocycles. The molecule has 18 heavy (non-hydrogen) atoms. The third-order valence-corrected chi connectivity index (χ3v) is 3.98. The van der Waals surface area contributed by atoms with E-state index < -0.39 is 5.60 Å². The van der Waals surface area contributed by atoms with E-state index in [-0.39, 0.29) is 0 Å². The van der Waals surface area contributed by atoms with Crippen LogP contribution in [-0.4, -0.2) is 14.9 Å². The Labute approximate surface area is 111 Å². The quantitative estimate of drug-likeness (QED) is 0.904. The molecule has 0 amide bonds. The van der Waals surface area contributed by atoms with Crippen molar-refractivity contribution in [3.05, 3.63) is 52.3 Å². The normalized spacial score (nSPS) is 22.2. The van der Waals surface area contributed by atoms with Crippen LogP contribution in [0.4, 0.5) is 0 Å². The topological polar surface area (TPSA) is 38.0 Å². The molecule has 1 aliphatic carbocycles. The Bertz CT molecular complexity index is 593. The van der Waals surface area contributed by atoms with Gasteiger partial charge in [0.1, 0.15) is 5.60 Å². The molecule has 1 unspecified atom stereocenters. The second-order valence-electron chi connectivity index (χ2n) is 4.67. The van der Waals surface area contributed by atoms with Gasteiger partial charge >= 0.3 is 0 Å². The second-order valence-corrected chi connectivity index (χ2v) is 5.08. The summed E-state index contributed by atoms with van der Waals surface area (Å²) in [6.07, 6.45) is 3.15. The smallest absolute Gasteiger partial charge is 0.133 e. The molecule has 1 aromatic carbocycles. The number of aryl methyl sites for hydroxylation is 2. The number of fused-ring (bicyclic) bond motifs is 1. The van der Waals surface area contributed by atoms with Gasteiger partial charge in [0.2, 0.25) is 0 Å². The first-order valence-corrected chi connectivity index (χ1v) is 6.57. The van der Waals surface area contributed by atoms with Crippen LogP contribution in [0.15, 0.2) is 30.5 Å². The highest BCUT2D eigenvalue weighted by molar-refractivity contribution is 6.31. The number of aromatic nitrogens is 2. The minimum atomic E-state index is -1.000. The molecule has 0 saturated heterocycles. The molecule has 4 heteroatoms. The monoisotopic (exact) mass is 262 g/mol. The first-order valence-electron chi connectivity index (χ1n) is 6.19. The third kappa shape index (κ3) is 1.51. The molecule has 0 bridgehead atoms. The summed E-state index contributed by atoms with van der Waals surface area (Å²) in [5.41, 5.74) is 1.87. The van der Waals surface area contributed by atoms with Crippen LogP contribution in [0.5, 0.6) is 0 Å². The van der Waals surface area contributed by atoms with Crippen molar-refractivity contribution in [2.24, 2.45) is 0 Å². The van der Waals surface area contributed by atoms with E-state index in [1.807, 2.05) is 25.1 Å². The standard InChI is InChI=1S/C14H15ClN2O/c1-2-17-13(12(15)9-16-17)14(18)8-7-10-5-3-4-6-11(10)14/h3-6,9,18H,2,7-8H2,1H3. The van der Waals surface area contributed by atoms with Crippen molar-refractivity contribution >= 4 is 11.6 Å². The van der Waals surface area contributed by atoms with E-state index in [9.17, 15) is 5.11 Å². The van der Waals surface area contributed by atoms with Crippen molar-refractivity contribution in [2.45, 2.75) is 31.9 Å². The van der Waals surface area contributed by atoms with Gasteiger partial charge in [-0.3, -0.25) is 4.68 Å². The van der Waals surface area contributed by atoms with Crippen LogP contribution < -0.4 is 0 Å². The highest BCUT2D eigenvalue weighted by Crippen LogP contribution is 2.44. The number of hydrogen-bond acceptors (Lipinski definition) is 2. The van der Waals surface area contributed by atoms with Gasteiger partial charge in [-0.15, -0.1) is 0 Å². The summed E-state index contributed by atoms with van der Waals surface area (Å²) >= 11 is 6.22. The van der Waals surface area contributed by atoms with Gasteiger partial charge in [0.25, 0.3) is 0 Å². The van der Waals surface area contributed by atoms with Crippen molar-refractivity contribution in [1.29, 1.82) is 0 Å². The van der Waals surface area contributed by atoms with E-state index >= 15 is 0 Å². The average molecular weight is 263 g/mol. The minimum Gasteiger partial charge on any atom is -0.379 e. The highest BCUT2D eigenvalue weighted by atomic mass is 35.5. The van der Waals surface area contributed by atoms with Gasteiger partial charge in [-0.1, -0.05) is 35.9 Å². The van der Waals surface area contributed by atoms with Crippen molar-refractivity contribution < 1.29 is 5.11 Å². The summed E-state index contributed by atoms with van der Waals surface area (Å²) in [4.78, 5) is 0. The van der Waals surface area contributed by atoms with Crippen LogP contribution in [-0.2, 0) is 18.6 Å². The van der Waals surface area contributed by atoms with E-state index in [4.69, 9.17) is 11.6 Å². The number of halogens is 1. The zero-order valence-corrected chi connectivity index (χ0v) is 11.0. The molecule has 0 fully saturated rings. The fourth-order valence-corrected chi connectivity index (χ4v) is 3.15. The van der Waals surface area contributed by atoms with Crippen molar-refractivity contribution in [3.63, 3.8) is 0 Å². The molecule has 1 N–H and O–H groups in total. The van der Waals surface area contributed by atoms with Gasteiger partial charge in [0.15, 0.2) is 0 Å². The molecule has 1 aliphatic rings. The molecular formula is C14H15ClN2O. The summed E-state index contributed by atoms with van der Waals surface area (Å²) in [5, 5.41) is 15.8. The Hall–Kier alpha value is -1.32. The van der Waals surface area contributed by atoms with E-state index in [1.54, 1.807) is 10.9 Å². The lowest BCUT2D eigenvalue weighted by molar-refractivity contribution is 0.0731. The Morgan fingerprint density at radius 3 is 3.00 bits per heavy atom. The predicted octanol–water partition coefficient (Wildman–Crippen LogP) is 2.74. The van der Waals surface area contributed by atoms with Crippen molar-refractivity contribution in [1.82, 2.24) is 9.78 Å². The number of aliphatic hydroxyl groups is 1. The molecular weight excluding hydrogens is 248 g/mol. The Morgan fingerprint density at radius 1 is 1.44 bits per heavy atom. The summed E-state index contributed by atoms with van der Waals surface area (Å²) in [6.45, 7) is 2.70. The Morgan fingerprint density at radius 2 is 2.22 bits per heavy atom. The molecule has 94 valence electrons. The second kappa shape index (κ2) is 4.11. The van der Waals surface area contributed by atoms with Gasteiger partial charge in [-0.05, 0) is 30.9 Å². The Kier molecular flexibility index (Phi) is 2.68. The predicted molar refractivity (Wildman–Crippen MR) is 70.7 cm³/mol. The first-order chi connectivity index (χ1) is 8.66. The SMILES string of the molecule is CCn1ncc(Cl)c1C1(O)CCc2ccccc21. The molecule has 3 rings (SSSR count). The fourth-order valence-electron chi connectivity index (χ4n) is 2.85. The van der Waals surface area contributed by atoms with Gasteiger partial charge in [0.05, 0.1) is 16.9 Å². The van der Waals surface area contributed by atoms with Crippen molar-refractivity contribution in [3.8, 4) is 0 Å². The van der Waals surface area contributed by atoms with Gasteiger partial charge in [0, 0.05) is 6.54 Å². The molecule has 0 aliphatic heterocycles. The van der Waals surface area contributed by atoms with Gasteiger partial charge < -0.3 is 5.11 Å². The number of benzene rings is 1. The average Bonchev–Trinajstić information content (AvgIpc) is 2.92. The number of nitrogens with zero attached hydrogens (tertiary/aromatic N) is 2. The fraction of sp³-hybridized carbons (Fsp3) is 0.357. The molecule has 1 heterocycles. The summed E-state index contributed by atoms with van der Waals surface area (Å²) in [5.74, 6) is 0. The number of hydrogen-bond donors (Lipinski definition) is 1. The molecule has 3 nitrogen and oxygen atoms in total. The summed E-state index contributed by atoms with van der Waals surface area (Å²) < 4.78 is 1.78. The maximum absolute atomic E-state index is 11.1. The minimum absolute atomic E-state index is 0.538. The molecule has 1 atom stereocenters. The molecule has 0 radical (unpaired) electrons. The maximum Gasteiger partial charge on any atom is 0.133 e. The highest BCUT2D eigenvalue weighted by Gasteiger charge is 2.42. The molecule has 0 spiro atoms. The van der Waals surface area contributed by atoms with Gasteiger partial charge in [-0.25, -0.2) is 0 Å². The molecule has 2 aromatic rings. The maximum atomic E-state index is 11.1. The van der Waals surface area contributed by atoms with Crippen LogP contribution >= 0.6 is 11.6 Å². The van der Waals surface area contributed by atoms with Crippen molar-refractivity contribution in [2.75, 3.05) is 0 Å². The van der Waals surface area contributed by atoms with Crippen LogP contribution in [0.25, 0.3) is 0 Å². The van der Waals surface area contributed by atoms with E-state index in [2.05, 4.69) is 11.2 Å². The molecule has 0 saturated carbocycles.